The minimum Gasteiger partial charge on any atom is -0.475 e. The fraction of sp³-hybridized carbons (Fsp3) is 0.520. The number of carbonyl (C=O) groups is 1. The van der Waals surface area contributed by atoms with Crippen LogP contribution in [0, 0.1) is 0 Å². The highest BCUT2D eigenvalue weighted by Crippen LogP contribution is 2.26. The third-order valence-electron chi connectivity index (χ3n) is 6.64. The van der Waals surface area contributed by atoms with Gasteiger partial charge in [0, 0.05) is 32.2 Å². The normalized spacial score (nSPS) is 20.4. The van der Waals surface area contributed by atoms with Crippen molar-refractivity contribution >= 4 is 5.91 Å². The van der Waals surface area contributed by atoms with Crippen molar-refractivity contribution < 1.29 is 19.4 Å². The maximum atomic E-state index is 13.2. The van der Waals surface area contributed by atoms with Crippen LogP contribution in [0.3, 0.4) is 0 Å². The highest BCUT2D eigenvalue weighted by molar-refractivity contribution is 5.96. The van der Waals surface area contributed by atoms with Crippen molar-refractivity contribution in [2.45, 2.75) is 38.0 Å². The van der Waals surface area contributed by atoms with Gasteiger partial charge in [0.05, 0.1) is 12.6 Å². The van der Waals surface area contributed by atoms with E-state index in [9.17, 15) is 9.90 Å². The van der Waals surface area contributed by atoms with Gasteiger partial charge in [-0.1, -0.05) is 24.3 Å². The molecule has 8 heteroatoms. The number of carbonyl (C=O) groups excluding carboxylic acids is 1. The first-order chi connectivity index (χ1) is 16.2. The Morgan fingerprint density at radius 1 is 1.12 bits per heavy atom. The van der Waals surface area contributed by atoms with E-state index < -0.39 is 6.10 Å². The van der Waals surface area contributed by atoms with Crippen molar-refractivity contribution in [1.29, 1.82) is 0 Å². The molecule has 8 nitrogen and oxygen atoms in total. The van der Waals surface area contributed by atoms with Gasteiger partial charge in [0.2, 0.25) is 11.8 Å². The first-order valence-corrected chi connectivity index (χ1v) is 11.9. The lowest BCUT2D eigenvalue weighted by molar-refractivity contribution is 0.0501. The summed E-state index contributed by atoms with van der Waals surface area (Å²) in [5.74, 6) is 0.648. The number of benzene rings is 1. The van der Waals surface area contributed by atoms with Crippen molar-refractivity contribution in [2.24, 2.45) is 0 Å². The second kappa shape index (κ2) is 10.1. The zero-order valence-corrected chi connectivity index (χ0v) is 18.9. The molecule has 176 valence electrons. The molecule has 4 heterocycles. The van der Waals surface area contributed by atoms with E-state index in [1.807, 2.05) is 0 Å². The molecule has 3 aliphatic rings. The molecule has 0 bridgehead atoms. The number of pyridine rings is 1. The van der Waals surface area contributed by atoms with E-state index in [4.69, 9.17) is 9.47 Å². The van der Waals surface area contributed by atoms with Crippen LogP contribution in [0.4, 0.5) is 0 Å². The Hall–Kier alpha value is -2.68. The molecule has 2 N–H and O–H groups in total. The van der Waals surface area contributed by atoms with Gasteiger partial charge in [-0.15, -0.1) is 0 Å². The Morgan fingerprint density at radius 3 is 2.79 bits per heavy atom. The lowest BCUT2D eigenvalue weighted by Gasteiger charge is -2.32. The van der Waals surface area contributed by atoms with E-state index in [-0.39, 0.29) is 18.6 Å². The average molecular weight is 453 g/mol. The summed E-state index contributed by atoms with van der Waals surface area (Å²) in [6, 6.07) is 11.9. The Labute approximate surface area is 194 Å². The summed E-state index contributed by atoms with van der Waals surface area (Å²) in [6.07, 6.45) is 2.36. The predicted octanol–water partition coefficient (Wildman–Crippen LogP) is 1.47. The predicted molar refractivity (Wildman–Crippen MR) is 124 cm³/mol. The highest BCUT2D eigenvalue weighted by Gasteiger charge is 2.28. The summed E-state index contributed by atoms with van der Waals surface area (Å²) in [6.45, 7) is 5.18. The third kappa shape index (κ3) is 5.29. The topological polar surface area (TPSA) is 87.2 Å². The number of aliphatic hydroxyl groups excluding tert-OH is 1. The summed E-state index contributed by atoms with van der Waals surface area (Å²) in [5.41, 5.74) is 3.12. The number of aliphatic hydroxyl groups is 1. The molecule has 1 aromatic heterocycles. The number of β-amino-alcohol motifs (C(OH)–C–C–N with tert-alkyl or cyclic N) is 1. The molecule has 1 amide bonds. The lowest BCUT2D eigenvalue weighted by Crippen LogP contribution is -2.44. The molecular formula is C25H32N4O4. The number of aromatic nitrogens is 1. The molecule has 1 atom stereocenters. The van der Waals surface area contributed by atoms with Crippen LogP contribution in [-0.4, -0.2) is 83.9 Å². The van der Waals surface area contributed by atoms with Gasteiger partial charge in [-0.05, 0) is 49.5 Å². The molecule has 0 radical (unpaired) electrons. The molecule has 1 saturated heterocycles. The smallest absolute Gasteiger partial charge is 0.259 e. The van der Waals surface area contributed by atoms with Gasteiger partial charge < -0.3 is 24.8 Å². The molecule has 0 unspecified atom stereocenters. The monoisotopic (exact) mass is 452 g/mol. The Kier molecular flexibility index (Phi) is 6.75. The quantitative estimate of drug-likeness (QED) is 0.686. The van der Waals surface area contributed by atoms with Crippen LogP contribution in [0.5, 0.6) is 11.8 Å². The van der Waals surface area contributed by atoms with E-state index in [0.29, 0.717) is 37.0 Å². The molecule has 1 aromatic carbocycles. The summed E-state index contributed by atoms with van der Waals surface area (Å²) >= 11 is 0. The molecular weight excluding hydrogens is 420 g/mol. The first kappa shape index (κ1) is 22.1. The number of piperidine rings is 1. The van der Waals surface area contributed by atoms with Crippen LogP contribution in [-0.2, 0) is 13.0 Å². The molecule has 0 aliphatic carbocycles. The number of amides is 1. The van der Waals surface area contributed by atoms with Crippen LogP contribution < -0.4 is 14.8 Å². The standard InChI is InChI=1S/C25H32N4O4/c30-20(16-28-12-9-18-3-1-2-4-19(18)15-28)17-29-13-14-32-24-22(25(29)31)5-6-23(27-24)33-21-7-10-26-11-8-21/h1-6,20-21,26,30H,7-17H2/t20-/m1/s1. The highest BCUT2D eigenvalue weighted by atomic mass is 16.5. The van der Waals surface area contributed by atoms with Crippen LogP contribution in [0.25, 0.3) is 0 Å². The van der Waals surface area contributed by atoms with E-state index in [1.54, 1.807) is 17.0 Å². The number of fused-ring (bicyclic) bond motifs is 2. The summed E-state index contributed by atoms with van der Waals surface area (Å²) in [4.78, 5) is 21.6. The maximum absolute atomic E-state index is 13.2. The number of hydrogen-bond donors (Lipinski definition) is 2. The second-order valence-corrected chi connectivity index (χ2v) is 9.08. The molecule has 5 rings (SSSR count). The van der Waals surface area contributed by atoms with Gasteiger partial charge in [-0.3, -0.25) is 9.69 Å². The summed E-state index contributed by atoms with van der Waals surface area (Å²) in [7, 11) is 0. The van der Waals surface area contributed by atoms with Crippen molar-refractivity contribution in [2.75, 3.05) is 45.9 Å². The number of rotatable bonds is 6. The van der Waals surface area contributed by atoms with E-state index in [1.165, 1.54) is 11.1 Å². The van der Waals surface area contributed by atoms with Crippen molar-refractivity contribution in [3.05, 3.63) is 53.1 Å². The fourth-order valence-corrected chi connectivity index (χ4v) is 4.86. The van der Waals surface area contributed by atoms with Gasteiger partial charge in [0.1, 0.15) is 18.3 Å². The fourth-order valence-electron chi connectivity index (χ4n) is 4.86. The van der Waals surface area contributed by atoms with E-state index in [2.05, 4.69) is 39.5 Å². The van der Waals surface area contributed by atoms with Gasteiger partial charge in [0.25, 0.3) is 5.91 Å². The first-order valence-electron chi connectivity index (χ1n) is 11.9. The lowest BCUT2D eigenvalue weighted by atomic mass is 10.00. The van der Waals surface area contributed by atoms with Gasteiger partial charge in [0.15, 0.2) is 0 Å². The van der Waals surface area contributed by atoms with Gasteiger partial charge in [-0.25, -0.2) is 0 Å². The summed E-state index contributed by atoms with van der Waals surface area (Å²) < 4.78 is 11.8. The number of hydrogen-bond acceptors (Lipinski definition) is 7. The SMILES string of the molecule is O=C1c2ccc(OC3CCNCC3)nc2OCCN1C[C@H](O)CN1CCc2ccccc2C1. The third-order valence-corrected chi connectivity index (χ3v) is 6.64. The average Bonchev–Trinajstić information content (AvgIpc) is 2.98. The molecule has 0 spiro atoms. The zero-order chi connectivity index (χ0) is 22.6. The van der Waals surface area contributed by atoms with Crippen molar-refractivity contribution in [3.8, 4) is 11.8 Å². The molecule has 2 aromatic rings. The molecule has 0 saturated carbocycles. The minimum atomic E-state index is -0.628. The Balaban J connectivity index is 1.19. The van der Waals surface area contributed by atoms with Crippen LogP contribution in [0.1, 0.15) is 34.3 Å². The Bertz CT molecular complexity index is 979. The van der Waals surface area contributed by atoms with Crippen molar-refractivity contribution in [1.82, 2.24) is 20.1 Å². The van der Waals surface area contributed by atoms with E-state index >= 15 is 0 Å². The number of nitrogens with one attached hydrogen (secondary N) is 1. The number of nitrogens with zero attached hydrogens (tertiary/aromatic N) is 3. The maximum Gasteiger partial charge on any atom is 0.259 e. The molecule has 33 heavy (non-hydrogen) atoms. The second-order valence-electron chi connectivity index (χ2n) is 9.08. The summed E-state index contributed by atoms with van der Waals surface area (Å²) in [5, 5.41) is 14.1. The van der Waals surface area contributed by atoms with Crippen molar-refractivity contribution in [3.63, 3.8) is 0 Å². The molecule has 3 aliphatic heterocycles. The van der Waals surface area contributed by atoms with Gasteiger partial charge in [-0.2, -0.15) is 4.98 Å². The van der Waals surface area contributed by atoms with E-state index in [0.717, 1.165) is 45.4 Å². The Morgan fingerprint density at radius 2 is 1.94 bits per heavy atom. The van der Waals surface area contributed by atoms with Crippen LogP contribution >= 0.6 is 0 Å². The number of ether oxygens (including phenoxy) is 2. The van der Waals surface area contributed by atoms with Crippen LogP contribution in [0.2, 0.25) is 0 Å². The van der Waals surface area contributed by atoms with Crippen LogP contribution in [0.15, 0.2) is 36.4 Å². The molecule has 1 fully saturated rings. The zero-order valence-electron chi connectivity index (χ0n) is 18.9. The van der Waals surface area contributed by atoms with Gasteiger partial charge >= 0.3 is 0 Å². The largest absolute Gasteiger partial charge is 0.475 e. The minimum absolute atomic E-state index is 0.131.